The first-order chi connectivity index (χ1) is 11.1. The van der Waals surface area contributed by atoms with Crippen LogP contribution >= 0.6 is 0 Å². The van der Waals surface area contributed by atoms with Crippen molar-refractivity contribution in [3.8, 4) is 0 Å². The number of hydrogen-bond acceptors (Lipinski definition) is 4. The summed E-state index contributed by atoms with van der Waals surface area (Å²) in [5.41, 5.74) is 7.91. The van der Waals surface area contributed by atoms with E-state index in [0.29, 0.717) is 29.1 Å². The van der Waals surface area contributed by atoms with E-state index >= 15 is 0 Å². The third-order valence-corrected chi connectivity index (χ3v) is 5.19. The summed E-state index contributed by atoms with van der Waals surface area (Å²) in [6.07, 6.45) is 4.71. The van der Waals surface area contributed by atoms with Crippen LogP contribution in [-0.2, 0) is 6.42 Å². The van der Waals surface area contributed by atoms with Crippen LogP contribution in [0.4, 0.5) is 4.39 Å². The lowest BCUT2D eigenvalue weighted by Crippen LogP contribution is -2.44. The van der Waals surface area contributed by atoms with Crippen LogP contribution in [0.25, 0.3) is 11.0 Å². The summed E-state index contributed by atoms with van der Waals surface area (Å²) in [6, 6.07) is 3.61. The highest BCUT2D eigenvalue weighted by Crippen LogP contribution is 2.30. The van der Waals surface area contributed by atoms with Gasteiger partial charge in [0.1, 0.15) is 5.82 Å². The molecule has 2 N–H and O–H groups in total. The number of pyridine rings is 2. The van der Waals surface area contributed by atoms with Crippen LogP contribution in [0.1, 0.15) is 30.9 Å². The van der Waals surface area contributed by atoms with E-state index in [2.05, 4.69) is 9.88 Å². The zero-order chi connectivity index (χ0) is 16.0. The molecular formula is C17H21FN4O. The SMILES string of the molecule is NC1CCN(CC2CCc3c(F)cnc4ccc(=O)n2c34)CC1. The second-order valence-electron chi connectivity index (χ2n) is 6.69. The summed E-state index contributed by atoms with van der Waals surface area (Å²) < 4.78 is 15.9. The Labute approximate surface area is 133 Å². The first kappa shape index (κ1) is 14.8. The van der Waals surface area contributed by atoms with Gasteiger partial charge in [-0.3, -0.25) is 9.78 Å². The van der Waals surface area contributed by atoms with Gasteiger partial charge in [-0.15, -0.1) is 0 Å². The average molecular weight is 316 g/mol. The fourth-order valence-electron chi connectivity index (χ4n) is 3.91. The number of piperidine rings is 1. The Balaban J connectivity index is 1.73. The van der Waals surface area contributed by atoms with E-state index < -0.39 is 0 Å². The molecule has 0 spiro atoms. The van der Waals surface area contributed by atoms with Gasteiger partial charge in [0, 0.05) is 24.2 Å². The largest absolute Gasteiger partial charge is 0.328 e. The number of nitrogens with zero attached hydrogens (tertiary/aromatic N) is 3. The molecule has 2 aliphatic heterocycles. The van der Waals surface area contributed by atoms with Crippen molar-refractivity contribution in [3.63, 3.8) is 0 Å². The molecule has 1 unspecified atom stereocenters. The zero-order valence-electron chi connectivity index (χ0n) is 13.0. The molecule has 0 saturated carbocycles. The van der Waals surface area contributed by atoms with Crippen LogP contribution < -0.4 is 11.3 Å². The lowest BCUT2D eigenvalue weighted by molar-refractivity contribution is 0.179. The Kier molecular flexibility index (Phi) is 3.66. The molecular weight excluding hydrogens is 295 g/mol. The minimum Gasteiger partial charge on any atom is -0.328 e. The van der Waals surface area contributed by atoms with Crippen molar-refractivity contribution in [2.75, 3.05) is 19.6 Å². The molecule has 23 heavy (non-hydrogen) atoms. The highest BCUT2D eigenvalue weighted by molar-refractivity contribution is 5.79. The van der Waals surface area contributed by atoms with Gasteiger partial charge in [-0.25, -0.2) is 4.39 Å². The number of halogens is 1. The van der Waals surface area contributed by atoms with Gasteiger partial charge in [0.05, 0.1) is 23.3 Å². The minimum absolute atomic E-state index is 0.0652. The quantitative estimate of drug-likeness (QED) is 0.911. The molecule has 1 saturated heterocycles. The first-order valence-electron chi connectivity index (χ1n) is 8.30. The molecule has 2 aliphatic rings. The molecule has 122 valence electrons. The van der Waals surface area contributed by atoms with Crippen molar-refractivity contribution in [2.45, 2.75) is 37.8 Å². The predicted octanol–water partition coefficient (Wildman–Crippen LogP) is 1.45. The molecule has 4 rings (SSSR count). The molecule has 2 aromatic heterocycles. The Morgan fingerprint density at radius 2 is 2.04 bits per heavy atom. The second kappa shape index (κ2) is 5.69. The number of aryl methyl sites for hydroxylation is 1. The number of hydrogen-bond donors (Lipinski definition) is 1. The van der Waals surface area contributed by atoms with Gasteiger partial charge in [0.25, 0.3) is 5.56 Å². The Bertz CT molecular complexity index is 795. The van der Waals surface area contributed by atoms with Crippen LogP contribution in [0.15, 0.2) is 23.1 Å². The van der Waals surface area contributed by atoms with Crippen LogP contribution in [0.2, 0.25) is 0 Å². The molecule has 1 fully saturated rings. The summed E-state index contributed by atoms with van der Waals surface area (Å²) in [4.78, 5) is 19.0. The van der Waals surface area contributed by atoms with Crippen LogP contribution in [0.5, 0.6) is 0 Å². The summed E-state index contributed by atoms with van der Waals surface area (Å²) in [5.74, 6) is -0.306. The maximum atomic E-state index is 14.1. The van der Waals surface area contributed by atoms with E-state index in [1.165, 1.54) is 6.20 Å². The smallest absolute Gasteiger partial charge is 0.251 e. The molecule has 6 heteroatoms. The second-order valence-corrected chi connectivity index (χ2v) is 6.69. The zero-order valence-corrected chi connectivity index (χ0v) is 13.0. The van der Waals surface area contributed by atoms with Crippen molar-refractivity contribution in [1.82, 2.24) is 14.5 Å². The van der Waals surface area contributed by atoms with Crippen LogP contribution in [0.3, 0.4) is 0 Å². The maximum Gasteiger partial charge on any atom is 0.251 e. The van der Waals surface area contributed by atoms with Gasteiger partial charge < -0.3 is 15.2 Å². The molecule has 2 aromatic rings. The maximum absolute atomic E-state index is 14.1. The number of aromatic nitrogens is 2. The van der Waals surface area contributed by atoms with Crippen molar-refractivity contribution in [2.24, 2.45) is 5.73 Å². The molecule has 4 heterocycles. The Morgan fingerprint density at radius 3 is 2.83 bits per heavy atom. The fourth-order valence-corrected chi connectivity index (χ4v) is 3.91. The Hall–Kier alpha value is -1.79. The minimum atomic E-state index is -0.306. The lowest BCUT2D eigenvalue weighted by atomic mass is 9.97. The predicted molar refractivity (Wildman–Crippen MR) is 87.0 cm³/mol. The summed E-state index contributed by atoms with van der Waals surface area (Å²) in [6.45, 7) is 2.76. The summed E-state index contributed by atoms with van der Waals surface area (Å²) >= 11 is 0. The Morgan fingerprint density at radius 1 is 1.26 bits per heavy atom. The topological polar surface area (TPSA) is 64.2 Å². The van der Waals surface area contributed by atoms with Crippen molar-refractivity contribution in [1.29, 1.82) is 0 Å². The third-order valence-electron chi connectivity index (χ3n) is 5.19. The van der Waals surface area contributed by atoms with Gasteiger partial charge in [0.15, 0.2) is 0 Å². The summed E-state index contributed by atoms with van der Waals surface area (Å²) in [7, 11) is 0. The van der Waals surface area contributed by atoms with Gasteiger partial charge in [-0.1, -0.05) is 0 Å². The number of rotatable bonds is 2. The fraction of sp³-hybridized carbons (Fsp3) is 0.529. The normalized spacial score (nSPS) is 22.6. The molecule has 0 bridgehead atoms. The molecule has 1 atom stereocenters. The van der Waals surface area contributed by atoms with E-state index in [-0.39, 0.29) is 17.4 Å². The molecule has 0 amide bonds. The number of likely N-dealkylation sites (tertiary alicyclic amines) is 1. The van der Waals surface area contributed by atoms with Crippen molar-refractivity contribution in [3.05, 3.63) is 40.1 Å². The molecule has 0 aromatic carbocycles. The van der Waals surface area contributed by atoms with E-state index in [9.17, 15) is 9.18 Å². The molecule has 0 aliphatic carbocycles. The monoisotopic (exact) mass is 316 g/mol. The van der Waals surface area contributed by atoms with Crippen molar-refractivity contribution < 1.29 is 4.39 Å². The highest BCUT2D eigenvalue weighted by atomic mass is 19.1. The molecule has 5 nitrogen and oxygen atoms in total. The van der Waals surface area contributed by atoms with E-state index in [4.69, 9.17) is 5.73 Å². The van der Waals surface area contributed by atoms with E-state index in [1.807, 2.05) is 0 Å². The van der Waals surface area contributed by atoms with Gasteiger partial charge in [-0.05, 0) is 44.8 Å². The number of nitrogens with two attached hydrogens (primary N) is 1. The van der Waals surface area contributed by atoms with Crippen molar-refractivity contribution >= 4 is 11.0 Å². The van der Waals surface area contributed by atoms with Crippen LogP contribution in [-0.4, -0.2) is 40.1 Å². The van der Waals surface area contributed by atoms with Gasteiger partial charge in [-0.2, -0.15) is 0 Å². The highest BCUT2D eigenvalue weighted by Gasteiger charge is 2.27. The standard InChI is InChI=1S/C17H21FN4O/c18-14-9-20-15-3-4-16(23)22-12(1-2-13(14)17(15)22)10-21-7-5-11(19)6-8-21/h3-4,9,11-12H,1-2,5-8,10,19H2. The summed E-state index contributed by atoms with van der Waals surface area (Å²) in [5, 5.41) is 0. The van der Waals surface area contributed by atoms with Gasteiger partial charge >= 0.3 is 0 Å². The van der Waals surface area contributed by atoms with Crippen LogP contribution in [0, 0.1) is 5.82 Å². The third kappa shape index (κ3) is 2.56. The molecule has 0 radical (unpaired) electrons. The average Bonchev–Trinajstić information content (AvgIpc) is 2.56. The van der Waals surface area contributed by atoms with E-state index in [0.717, 1.165) is 38.9 Å². The van der Waals surface area contributed by atoms with E-state index in [1.54, 1.807) is 16.7 Å². The van der Waals surface area contributed by atoms with Gasteiger partial charge in [0.2, 0.25) is 0 Å². The lowest BCUT2D eigenvalue weighted by Gasteiger charge is -2.35. The first-order valence-corrected chi connectivity index (χ1v) is 8.30.